The number of phenols is 1. The molecular formula is C13H12N2O5. The molecule has 3 N–H and O–H groups in total. The molecule has 0 unspecified atom stereocenters. The Morgan fingerprint density at radius 1 is 1.30 bits per heavy atom. The fourth-order valence-corrected chi connectivity index (χ4v) is 1.76. The first-order valence-corrected chi connectivity index (χ1v) is 5.70. The van der Waals surface area contributed by atoms with Gasteiger partial charge in [0, 0.05) is 0 Å². The molecule has 7 heteroatoms. The number of aryl methyl sites for hydroxylation is 2. The predicted molar refractivity (Wildman–Crippen MR) is 69.0 cm³/mol. The molecule has 0 fully saturated rings. The molecule has 0 aliphatic heterocycles. The van der Waals surface area contributed by atoms with Crippen LogP contribution in [0.25, 0.3) is 0 Å². The number of carboxylic acids is 1. The Labute approximate surface area is 113 Å². The third kappa shape index (κ3) is 2.46. The van der Waals surface area contributed by atoms with E-state index in [0.29, 0.717) is 11.5 Å². The maximum Gasteiger partial charge on any atom is 0.335 e. The zero-order chi connectivity index (χ0) is 14.9. The summed E-state index contributed by atoms with van der Waals surface area (Å²) in [6, 6.07) is 3.61. The monoisotopic (exact) mass is 276 g/mol. The molecule has 104 valence electrons. The number of carboxylic acid groups (broad SMARTS) is 1. The van der Waals surface area contributed by atoms with Crippen molar-refractivity contribution >= 4 is 17.6 Å². The van der Waals surface area contributed by atoms with E-state index in [4.69, 9.17) is 9.63 Å². The first-order valence-electron chi connectivity index (χ1n) is 5.70. The van der Waals surface area contributed by atoms with E-state index in [1.807, 2.05) is 0 Å². The summed E-state index contributed by atoms with van der Waals surface area (Å²) < 4.78 is 4.88. The summed E-state index contributed by atoms with van der Waals surface area (Å²) in [7, 11) is 0. The van der Waals surface area contributed by atoms with Crippen LogP contribution < -0.4 is 5.32 Å². The Morgan fingerprint density at radius 2 is 2.00 bits per heavy atom. The van der Waals surface area contributed by atoms with Gasteiger partial charge in [0.15, 0.2) is 0 Å². The Balaban J connectivity index is 2.33. The third-order valence-electron chi connectivity index (χ3n) is 2.75. The van der Waals surface area contributed by atoms with Gasteiger partial charge in [-0.15, -0.1) is 0 Å². The van der Waals surface area contributed by atoms with Crippen molar-refractivity contribution in [2.45, 2.75) is 13.8 Å². The topological polar surface area (TPSA) is 113 Å². The van der Waals surface area contributed by atoms with Gasteiger partial charge in [0.05, 0.1) is 16.9 Å². The first-order chi connectivity index (χ1) is 9.40. The number of carbonyl (C=O) groups excluding carboxylic acids is 1. The molecule has 0 aliphatic rings. The fourth-order valence-electron chi connectivity index (χ4n) is 1.76. The lowest BCUT2D eigenvalue weighted by Gasteiger charge is -2.08. The van der Waals surface area contributed by atoms with E-state index in [1.54, 1.807) is 13.8 Å². The Hall–Kier alpha value is -2.83. The van der Waals surface area contributed by atoms with Crippen LogP contribution in [0, 0.1) is 13.8 Å². The largest absolute Gasteiger partial charge is 0.506 e. The van der Waals surface area contributed by atoms with Crippen molar-refractivity contribution in [2.24, 2.45) is 0 Å². The molecule has 1 aromatic heterocycles. The summed E-state index contributed by atoms with van der Waals surface area (Å²) in [5, 5.41) is 24.6. The summed E-state index contributed by atoms with van der Waals surface area (Å²) in [5.74, 6) is -1.57. The van der Waals surface area contributed by atoms with Crippen LogP contribution in [0.4, 0.5) is 5.69 Å². The molecule has 0 aliphatic carbocycles. The predicted octanol–water partition coefficient (Wildman–Crippen LogP) is 1.95. The van der Waals surface area contributed by atoms with Gasteiger partial charge in [-0.1, -0.05) is 5.16 Å². The molecule has 1 aromatic carbocycles. The zero-order valence-corrected chi connectivity index (χ0v) is 10.8. The smallest absolute Gasteiger partial charge is 0.335 e. The lowest BCUT2D eigenvalue weighted by atomic mass is 10.1. The first kappa shape index (κ1) is 13.6. The Bertz CT molecular complexity index is 671. The van der Waals surface area contributed by atoms with E-state index in [0.717, 1.165) is 0 Å². The van der Waals surface area contributed by atoms with E-state index in [9.17, 15) is 14.7 Å². The quantitative estimate of drug-likeness (QED) is 0.738. The van der Waals surface area contributed by atoms with Crippen molar-refractivity contribution in [1.29, 1.82) is 0 Å². The highest BCUT2D eigenvalue weighted by molar-refractivity contribution is 6.06. The zero-order valence-electron chi connectivity index (χ0n) is 10.8. The molecule has 0 spiro atoms. The highest BCUT2D eigenvalue weighted by Crippen LogP contribution is 2.25. The summed E-state index contributed by atoms with van der Waals surface area (Å²) in [6.07, 6.45) is 0. The minimum Gasteiger partial charge on any atom is -0.506 e. The number of aromatic hydroxyl groups is 1. The number of aromatic nitrogens is 1. The van der Waals surface area contributed by atoms with Crippen LogP contribution in [0.3, 0.4) is 0 Å². The average molecular weight is 276 g/mol. The lowest BCUT2D eigenvalue weighted by molar-refractivity contribution is 0.0696. The van der Waals surface area contributed by atoms with Gasteiger partial charge in [0.25, 0.3) is 5.91 Å². The molecule has 2 rings (SSSR count). The van der Waals surface area contributed by atoms with Gasteiger partial charge >= 0.3 is 5.97 Å². The van der Waals surface area contributed by atoms with Gasteiger partial charge in [-0.25, -0.2) is 4.79 Å². The second kappa shape index (κ2) is 5.04. The normalized spacial score (nSPS) is 10.3. The van der Waals surface area contributed by atoms with E-state index in [2.05, 4.69) is 10.5 Å². The number of hydrogen-bond donors (Lipinski definition) is 3. The summed E-state index contributed by atoms with van der Waals surface area (Å²) in [6.45, 7) is 3.20. The number of nitrogens with zero attached hydrogens (tertiary/aromatic N) is 1. The van der Waals surface area contributed by atoms with Gasteiger partial charge in [-0.05, 0) is 32.0 Å². The Kier molecular flexibility index (Phi) is 3.43. The maximum atomic E-state index is 12.1. The molecule has 20 heavy (non-hydrogen) atoms. The van der Waals surface area contributed by atoms with Crippen molar-refractivity contribution in [3.63, 3.8) is 0 Å². The minimum absolute atomic E-state index is 0.00917. The number of phenolic OH excluding ortho intramolecular Hbond substituents is 1. The summed E-state index contributed by atoms with van der Waals surface area (Å²) in [5.41, 5.74) is 0.630. The van der Waals surface area contributed by atoms with Gasteiger partial charge in [-0.2, -0.15) is 0 Å². The number of hydrogen-bond acceptors (Lipinski definition) is 5. The maximum absolute atomic E-state index is 12.1. The molecule has 0 saturated carbocycles. The van der Waals surface area contributed by atoms with Crippen molar-refractivity contribution in [1.82, 2.24) is 5.16 Å². The van der Waals surface area contributed by atoms with Gasteiger partial charge in [0.1, 0.15) is 17.1 Å². The summed E-state index contributed by atoms with van der Waals surface area (Å²) >= 11 is 0. The molecule has 1 amide bonds. The fraction of sp³-hybridized carbons (Fsp3) is 0.154. The standard InChI is InChI=1S/C13H12N2O5/c1-6-11(7(2)20-15-6)12(17)14-9-5-8(13(18)19)3-4-10(9)16/h3-5,16H,1-2H3,(H,14,17)(H,18,19). The van der Waals surface area contributed by atoms with Crippen LogP contribution >= 0.6 is 0 Å². The van der Waals surface area contributed by atoms with Crippen molar-refractivity contribution in [3.8, 4) is 5.75 Å². The number of amides is 1. The van der Waals surface area contributed by atoms with Crippen LogP contribution in [0.1, 0.15) is 32.2 Å². The second-order valence-electron chi connectivity index (χ2n) is 4.19. The highest BCUT2D eigenvalue weighted by Gasteiger charge is 2.19. The van der Waals surface area contributed by atoms with E-state index in [1.165, 1.54) is 18.2 Å². The van der Waals surface area contributed by atoms with E-state index < -0.39 is 11.9 Å². The molecule has 0 radical (unpaired) electrons. The molecule has 7 nitrogen and oxygen atoms in total. The highest BCUT2D eigenvalue weighted by atomic mass is 16.5. The number of anilines is 1. The lowest BCUT2D eigenvalue weighted by Crippen LogP contribution is -2.14. The van der Waals surface area contributed by atoms with Crippen LogP contribution in [0.15, 0.2) is 22.7 Å². The molecule has 2 aromatic rings. The van der Waals surface area contributed by atoms with E-state index in [-0.39, 0.29) is 22.6 Å². The van der Waals surface area contributed by atoms with Gasteiger partial charge < -0.3 is 20.1 Å². The number of aromatic carboxylic acids is 1. The van der Waals surface area contributed by atoms with Crippen LogP contribution in [0.5, 0.6) is 5.75 Å². The molecule has 1 heterocycles. The number of carbonyl (C=O) groups is 2. The molecule has 0 atom stereocenters. The van der Waals surface area contributed by atoms with Gasteiger partial charge in [-0.3, -0.25) is 4.79 Å². The average Bonchev–Trinajstić information content (AvgIpc) is 2.71. The number of benzene rings is 1. The molecule has 0 saturated heterocycles. The molecular weight excluding hydrogens is 264 g/mol. The van der Waals surface area contributed by atoms with Crippen molar-refractivity contribution in [2.75, 3.05) is 5.32 Å². The van der Waals surface area contributed by atoms with Crippen molar-refractivity contribution in [3.05, 3.63) is 40.8 Å². The summed E-state index contributed by atoms with van der Waals surface area (Å²) in [4.78, 5) is 22.9. The van der Waals surface area contributed by atoms with Crippen LogP contribution in [-0.4, -0.2) is 27.2 Å². The third-order valence-corrected chi connectivity index (χ3v) is 2.75. The number of nitrogens with one attached hydrogen (secondary N) is 1. The molecule has 0 bridgehead atoms. The number of rotatable bonds is 3. The SMILES string of the molecule is Cc1noc(C)c1C(=O)Nc1cc(C(=O)O)ccc1O. The van der Waals surface area contributed by atoms with Crippen molar-refractivity contribution < 1.29 is 24.3 Å². The van der Waals surface area contributed by atoms with Crippen LogP contribution in [0.2, 0.25) is 0 Å². The van der Waals surface area contributed by atoms with E-state index >= 15 is 0 Å². The Morgan fingerprint density at radius 3 is 2.55 bits per heavy atom. The van der Waals surface area contributed by atoms with Crippen LogP contribution in [-0.2, 0) is 0 Å². The minimum atomic E-state index is -1.15. The second-order valence-corrected chi connectivity index (χ2v) is 4.19. The van der Waals surface area contributed by atoms with Gasteiger partial charge in [0.2, 0.25) is 0 Å².